The van der Waals surface area contributed by atoms with E-state index >= 15 is 0 Å². The number of esters is 1. The number of rotatable bonds is 4. The predicted molar refractivity (Wildman–Crippen MR) is 86.2 cm³/mol. The fourth-order valence-electron chi connectivity index (χ4n) is 2.66. The highest BCUT2D eigenvalue weighted by Gasteiger charge is 2.19. The van der Waals surface area contributed by atoms with E-state index in [1.807, 2.05) is 38.1 Å². The molecule has 5 heteroatoms. The van der Waals surface area contributed by atoms with E-state index in [9.17, 15) is 4.79 Å². The highest BCUT2D eigenvalue weighted by molar-refractivity contribution is 6.04. The lowest BCUT2D eigenvalue weighted by Gasteiger charge is -2.12. The van der Waals surface area contributed by atoms with Crippen molar-refractivity contribution in [2.75, 3.05) is 0 Å². The van der Waals surface area contributed by atoms with Gasteiger partial charge in [-0.05, 0) is 31.9 Å². The molecule has 0 saturated heterocycles. The Morgan fingerprint density at radius 1 is 1.26 bits per heavy atom. The molecule has 0 aliphatic heterocycles. The van der Waals surface area contributed by atoms with Crippen LogP contribution < -0.4 is 0 Å². The van der Waals surface area contributed by atoms with E-state index in [1.165, 1.54) is 0 Å². The Labute approximate surface area is 134 Å². The number of pyridine rings is 1. The summed E-state index contributed by atoms with van der Waals surface area (Å²) in [4.78, 5) is 17.2. The number of fused-ring (bicyclic) bond motifs is 1. The van der Waals surface area contributed by atoms with Crippen LogP contribution in [0.4, 0.5) is 0 Å². The van der Waals surface area contributed by atoms with E-state index in [0.717, 1.165) is 28.6 Å². The van der Waals surface area contributed by atoms with Crippen LogP contribution in [0.3, 0.4) is 0 Å². The molecule has 2 aromatic heterocycles. The van der Waals surface area contributed by atoms with Crippen molar-refractivity contribution in [1.82, 2.24) is 10.1 Å². The number of ether oxygens (including phenoxy) is 1. The first-order valence-electron chi connectivity index (χ1n) is 7.57. The Kier molecular flexibility index (Phi) is 4.10. The average molecular weight is 310 g/mol. The summed E-state index contributed by atoms with van der Waals surface area (Å²) in [6.07, 6.45) is 0.763. The van der Waals surface area contributed by atoms with Crippen molar-refractivity contribution in [3.8, 4) is 0 Å². The molecule has 2 heterocycles. The largest absolute Gasteiger partial charge is 0.455 e. The Morgan fingerprint density at radius 3 is 2.74 bits per heavy atom. The third-order valence-electron chi connectivity index (χ3n) is 3.80. The van der Waals surface area contributed by atoms with E-state index in [2.05, 4.69) is 10.1 Å². The van der Waals surface area contributed by atoms with Crippen LogP contribution in [0.1, 0.15) is 40.0 Å². The summed E-state index contributed by atoms with van der Waals surface area (Å²) in [5.74, 6) is 0.325. The summed E-state index contributed by atoms with van der Waals surface area (Å²) in [5.41, 5.74) is 3.76. The van der Waals surface area contributed by atoms with Gasteiger partial charge in [-0.25, -0.2) is 4.79 Å². The van der Waals surface area contributed by atoms with Gasteiger partial charge >= 0.3 is 5.97 Å². The molecule has 0 amide bonds. The number of benzene rings is 1. The van der Waals surface area contributed by atoms with Gasteiger partial charge < -0.3 is 9.26 Å². The van der Waals surface area contributed by atoms with E-state index in [4.69, 9.17) is 9.26 Å². The summed E-state index contributed by atoms with van der Waals surface area (Å²) in [7, 11) is 0. The standard InChI is InChI=1S/C18H18N2O3/c1-4-15-12(3)17(14-7-5-6-8-16(14)19-15)18(21)22-10-13-9-11(2)23-20-13/h5-9H,4,10H2,1-3H3. The van der Waals surface area contributed by atoms with E-state index in [0.29, 0.717) is 17.0 Å². The topological polar surface area (TPSA) is 65.2 Å². The number of nitrogens with zero attached hydrogens (tertiary/aromatic N) is 2. The summed E-state index contributed by atoms with van der Waals surface area (Å²) in [6, 6.07) is 9.36. The van der Waals surface area contributed by atoms with Crippen molar-refractivity contribution in [2.45, 2.75) is 33.8 Å². The van der Waals surface area contributed by atoms with Crippen LogP contribution in [0.5, 0.6) is 0 Å². The third kappa shape index (κ3) is 2.95. The zero-order chi connectivity index (χ0) is 16.4. The van der Waals surface area contributed by atoms with Crippen LogP contribution >= 0.6 is 0 Å². The molecule has 0 N–H and O–H groups in total. The number of hydrogen-bond donors (Lipinski definition) is 0. The molecule has 0 saturated carbocycles. The van der Waals surface area contributed by atoms with Crippen molar-refractivity contribution in [3.05, 3.63) is 58.6 Å². The molecular formula is C18H18N2O3. The fraction of sp³-hybridized carbons (Fsp3) is 0.278. The SMILES string of the molecule is CCc1nc2ccccc2c(C(=O)OCc2cc(C)on2)c1C. The van der Waals surface area contributed by atoms with E-state index in [-0.39, 0.29) is 12.6 Å². The van der Waals surface area contributed by atoms with Crippen molar-refractivity contribution in [3.63, 3.8) is 0 Å². The number of carbonyl (C=O) groups excluding carboxylic acids is 1. The van der Waals surface area contributed by atoms with Gasteiger partial charge in [0.25, 0.3) is 0 Å². The number of para-hydroxylation sites is 1. The highest BCUT2D eigenvalue weighted by atomic mass is 16.5. The van der Waals surface area contributed by atoms with Gasteiger partial charge in [-0.3, -0.25) is 4.98 Å². The van der Waals surface area contributed by atoms with Crippen LogP contribution in [0.15, 0.2) is 34.9 Å². The van der Waals surface area contributed by atoms with Gasteiger partial charge in [0.15, 0.2) is 0 Å². The summed E-state index contributed by atoms with van der Waals surface area (Å²) < 4.78 is 10.4. The minimum atomic E-state index is -0.364. The summed E-state index contributed by atoms with van der Waals surface area (Å²) in [5, 5.41) is 4.64. The van der Waals surface area contributed by atoms with Crippen molar-refractivity contribution in [1.29, 1.82) is 0 Å². The maximum atomic E-state index is 12.6. The molecular weight excluding hydrogens is 292 g/mol. The Morgan fingerprint density at radius 2 is 2.04 bits per heavy atom. The van der Waals surface area contributed by atoms with Gasteiger partial charge in [0.1, 0.15) is 18.1 Å². The number of carbonyl (C=O) groups is 1. The molecule has 23 heavy (non-hydrogen) atoms. The second-order valence-electron chi connectivity index (χ2n) is 5.43. The van der Waals surface area contributed by atoms with Gasteiger partial charge in [0.2, 0.25) is 0 Å². The molecule has 0 aliphatic rings. The molecule has 1 aromatic carbocycles. The van der Waals surface area contributed by atoms with Crippen LogP contribution in [0.25, 0.3) is 10.9 Å². The zero-order valence-corrected chi connectivity index (χ0v) is 13.4. The molecule has 0 unspecified atom stereocenters. The summed E-state index contributed by atoms with van der Waals surface area (Å²) in [6.45, 7) is 5.83. The molecule has 3 rings (SSSR count). The molecule has 118 valence electrons. The molecule has 0 spiro atoms. The fourth-order valence-corrected chi connectivity index (χ4v) is 2.66. The Balaban J connectivity index is 1.97. The molecule has 0 bridgehead atoms. The third-order valence-corrected chi connectivity index (χ3v) is 3.80. The van der Waals surface area contributed by atoms with Crippen LogP contribution in [0, 0.1) is 13.8 Å². The lowest BCUT2D eigenvalue weighted by molar-refractivity contribution is 0.0465. The monoisotopic (exact) mass is 310 g/mol. The van der Waals surface area contributed by atoms with Crippen molar-refractivity contribution in [2.24, 2.45) is 0 Å². The highest BCUT2D eigenvalue weighted by Crippen LogP contribution is 2.24. The molecule has 5 nitrogen and oxygen atoms in total. The minimum Gasteiger partial charge on any atom is -0.455 e. The zero-order valence-electron chi connectivity index (χ0n) is 13.4. The van der Waals surface area contributed by atoms with Gasteiger partial charge in [-0.2, -0.15) is 0 Å². The van der Waals surface area contributed by atoms with Gasteiger partial charge in [-0.15, -0.1) is 0 Å². The van der Waals surface area contributed by atoms with Crippen LogP contribution in [-0.2, 0) is 17.8 Å². The first-order valence-corrected chi connectivity index (χ1v) is 7.57. The maximum Gasteiger partial charge on any atom is 0.339 e. The van der Waals surface area contributed by atoms with Crippen LogP contribution in [-0.4, -0.2) is 16.1 Å². The molecule has 0 aliphatic carbocycles. The van der Waals surface area contributed by atoms with Gasteiger partial charge in [0.05, 0.1) is 11.1 Å². The molecule has 0 atom stereocenters. The lowest BCUT2D eigenvalue weighted by atomic mass is 10.0. The Bertz CT molecular complexity index is 868. The smallest absolute Gasteiger partial charge is 0.339 e. The molecule has 3 aromatic rings. The van der Waals surface area contributed by atoms with E-state index in [1.54, 1.807) is 13.0 Å². The summed E-state index contributed by atoms with van der Waals surface area (Å²) >= 11 is 0. The predicted octanol–water partition coefficient (Wildman–Crippen LogP) is 3.76. The van der Waals surface area contributed by atoms with Crippen molar-refractivity contribution >= 4 is 16.9 Å². The molecule has 0 radical (unpaired) electrons. The van der Waals surface area contributed by atoms with Crippen LogP contribution in [0.2, 0.25) is 0 Å². The lowest BCUT2D eigenvalue weighted by Crippen LogP contribution is -2.11. The van der Waals surface area contributed by atoms with Gasteiger partial charge in [0, 0.05) is 17.1 Å². The first-order chi connectivity index (χ1) is 11.1. The first kappa shape index (κ1) is 15.2. The maximum absolute atomic E-state index is 12.6. The normalized spacial score (nSPS) is 10.9. The second kappa shape index (κ2) is 6.20. The Hall–Kier alpha value is -2.69. The second-order valence-corrected chi connectivity index (χ2v) is 5.43. The quantitative estimate of drug-likeness (QED) is 0.686. The average Bonchev–Trinajstić information content (AvgIpc) is 2.97. The van der Waals surface area contributed by atoms with Gasteiger partial charge in [-0.1, -0.05) is 30.3 Å². The molecule has 0 fully saturated rings. The number of aryl methyl sites for hydroxylation is 2. The number of hydrogen-bond acceptors (Lipinski definition) is 5. The number of aromatic nitrogens is 2. The van der Waals surface area contributed by atoms with Crippen molar-refractivity contribution < 1.29 is 14.1 Å². The van der Waals surface area contributed by atoms with E-state index < -0.39 is 0 Å². The minimum absolute atomic E-state index is 0.0910.